The van der Waals surface area contributed by atoms with E-state index in [1.807, 2.05) is 30.3 Å². The number of carboxylic acid groups (broad SMARTS) is 1. The molecule has 0 aliphatic heterocycles. The van der Waals surface area contributed by atoms with Crippen molar-refractivity contribution in [2.45, 2.75) is 32.2 Å². The molecule has 2 aromatic carbocycles. The van der Waals surface area contributed by atoms with Crippen molar-refractivity contribution < 1.29 is 23.8 Å². The van der Waals surface area contributed by atoms with Crippen molar-refractivity contribution >= 4 is 17.7 Å². The lowest BCUT2D eigenvalue weighted by molar-refractivity contribution is -0.137. The lowest BCUT2D eigenvalue weighted by Gasteiger charge is -2.19. The Morgan fingerprint density at radius 3 is 2.56 bits per heavy atom. The minimum Gasteiger partial charge on any atom is -0.491 e. The van der Waals surface area contributed by atoms with Crippen LogP contribution in [0.2, 0.25) is 0 Å². The highest BCUT2D eigenvalue weighted by atomic mass is 19.1. The standard InChI is InChI=1S/C20H23FN2O4/c1-2-27-18-10-8-16(13-17(18)21)23-20(26)22-15(9-11-19(24)25)12-14-6-4-3-5-7-14/h3-8,10,13,15H,2,9,11-12H2,1H3,(H,24,25)(H2,22,23,26). The fraction of sp³-hybridized carbons (Fsp3) is 0.300. The van der Waals surface area contributed by atoms with E-state index in [1.54, 1.807) is 6.92 Å². The number of anilines is 1. The molecule has 2 amide bonds. The summed E-state index contributed by atoms with van der Waals surface area (Å²) in [6.07, 6.45) is 0.726. The van der Waals surface area contributed by atoms with Gasteiger partial charge < -0.3 is 20.5 Å². The van der Waals surface area contributed by atoms with E-state index >= 15 is 0 Å². The zero-order valence-electron chi connectivity index (χ0n) is 15.1. The number of aliphatic carboxylic acids is 1. The average Bonchev–Trinajstić information content (AvgIpc) is 2.63. The van der Waals surface area contributed by atoms with E-state index in [-0.39, 0.29) is 30.3 Å². The second-order valence-corrected chi connectivity index (χ2v) is 6.00. The summed E-state index contributed by atoms with van der Waals surface area (Å²) in [5.41, 5.74) is 1.27. The van der Waals surface area contributed by atoms with Crippen LogP contribution in [0.1, 0.15) is 25.3 Å². The highest BCUT2D eigenvalue weighted by Crippen LogP contribution is 2.21. The Labute approximate surface area is 157 Å². The van der Waals surface area contributed by atoms with Crippen LogP contribution in [0.3, 0.4) is 0 Å². The molecule has 27 heavy (non-hydrogen) atoms. The van der Waals surface area contributed by atoms with Crippen LogP contribution in [0, 0.1) is 5.82 Å². The van der Waals surface area contributed by atoms with Crippen LogP contribution < -0.4 is 15.4 Å². The lowest BCUT2D eigenvalue weighted by Crippen LogP contribution is -2.39. The van der Waals surface area contributed by atoms with Gasteiger partial charge in [-0.15, -0.1) is 0 Å². The molecule has 0 radical (unpaired) electrons. The number of ether oxygens (including phenoxy) is 1. The first-order valence-corrected chi connectivity index (χ1v) is 8.73. The van der Waals surface area contributed by atoms with Crippen molar-refractivity contribution in [2.24, 2.45) is 0 Å². The van der Waals surface area contributed by atoms with Gasteiger partial charge in [-0.05, 0) is 37.5 Å². The summed E-state index contributed by atoms with van der Waals surface area (Å²) in [6, 6.07) is 12.7. The molecule has 0 fully saturated rings. The third-order valence-corrected chi connectivity index (χ3v) is 3.86. The fourth-order valence-electron chi connectivity index (χ4n) is 2.63. The Balaban J connectivity index is 1.99. The zero-order chi connectivity index (χ0) is 19.6. The van der Waals surface area contributed by atoms with Gasteiger partial charge in [0.25, 0.3) is 0 Å². The van der Waals surface area contributed by atoms with E-state index in [9.17, 15) is 14.0 Å². The molecule has 0 bridgehead atoms. The Kier molecular flexibility index (Phi) is 7.61. The number of hydrogen-bond donors (Lipinski definition) is 3. The van der Waals surface area contributed by atoms with E-state index in [1.165, 1.54) is 18.2 Å². The Morgan fingerprint density at radius 2 is 1.93 bits per heavy atom. The number of rotatable bonds is 9. The topological polar surface area (TPSA) is 87.7 Å². The van der Waals surface area contributed by atoms with Crippen LogP contribution in [-0.2, 0) is 11.2 Å². The first-order valence-electron chi connectivity index (χ1n) is 8.73. The largest absolute Gasteiger partial charge is 0.491 e. The van der Waals surface area contributed by atoms with Crippen LogP contribution in [0.5, 0.6) is 5.75 Å². The molecule has 0 saturated carbocycles. The summed E-state index contributed by atoms with van der Waals surface area (Å²) < 4.78 is 19.0. The highest BCUT2D eigenvalue weighted by Gasteiger charge is 2.15. The van der Waals surface area contributed by atoms with Crippen molar-refractivity contribution in [1.82, 2.24) is 5.32 Å². The van der Waals surface area contributed by atoms with Gasteiger partial charge in [-0.3, -0.25) is 4.79 Å². The van der Waals surface area contributed by atoms with Gasteiger partial charge in [-0.25, -0.2) is 9.18 Å². The minimum atomic E-state index is -0.927. The van der Waals surface area contributed by atoms with Gasteiger partial charge in [-0.2, -0.15) is 0 Å². The highest BCUT2D eigenvalue weighted by molar-refractivity contribution is 5.89. The summed E-state index contributed by atoms with van der Waals surface area (Å²) in [6.45, 7) is 2.10. The monoisotopic (exact) mass is 374 g/mol. The number of carboxylic acids is 1. The molecule has 0 spiro atoms. The van der Waals surface area contributed by atoms with Gasteiger partial charge in [0.05, 0.1) is 6.61 Å². The predicted octanol–water partition coefficient (Wildman–Crippen LogP) is 3.82. The lowest BCUT2D eigenvalue weighted by atomic mass is 10.0. The maximum atomic E-state index is 13.9. The zero-order valence-corrected chi connectivity index (χ0v) is 15.1. The summed E-state index contributed by atoms with van der Waals surface area (Å²) in [5, 5.41) is 14.2. The Morgan fingerprint density at radius 1 is 1.19 bits per heavy atom. The molecule has 0 aliphatic rings. The van der Waals surface area contributed by atoms with Gasteiger partial charge in [0.2, 0.25) is 0 Å². The maximum absolute atomic E-state index is 13.9. The quantitative estimate of drug-likeness (QED) is 0.623. The van der Waals surface area contributed by atoms with E-state index in [0.29, 0.717) is 13.0 Å². The number of carbonyl (C=O) groups is 2. The van der Waals surface area contributed by atoms with Crippen molar-refractivity contribution in [1.29, 1.82) is 0 Å². The van der Waals surface area contributed by atoms with Gasteiger partial charge in [0, 0.05) is 24.2 Å². The second kappa shape index (κ2) is 10.2. The van der Waals surface area contributed by atoms with Crippen LogP contribution >= 0.6 is 0 Å². The summed E-state index contributed by atoms with van der Waals surface area (Å²) >= 11 is 0. The third kappa shape index (κ3) is 6.97. The van der Waals surface area contributed by atoms with Crippen molar-refractivity contribution in [3.05, 3.63) is 59.9 Å². The summed E-state index contributed by atoms with van der Waals surface area (Å²) in [7, 11) is 0. The normalized spacial score (nSPS) is 11.5. The fourth-order valence-corrected chi connectivity index (χ4v) is 2.63. The van der Waals surface area contributed by atoms with Crippen LogP contribution in [0.15, 0.2) is 48.5 Å². The van der Waals surface area contributed by atoms with Crippen molar-refractivity contribution in [3.63, 3.8) is 0 Å². The summed E-state index contributed by atoms with van der Waals surface area (Å²) in [5.74, 6) is -1.38. The third-order valence-electron chi connectivity index (χ3n) is 3.86. The molecule has 0 aliphatic carbocycles. The number of nitrogens with one attached hydrogen (secondary N) is 2. The molecular formula is C20H23FN2O4. The number of hydrogen-bond acceptors (Lipinski definition) is 3. The Hall–Kier alpha value is -3.09. The van der Waals surface area contributed by atoms with E-state index < -0.39 is 17.8 Å². The van der Waals surface area contributed by atoms with Gasteiger partial charge >= 0.3 is 12.0 Å². The van der Waals surface area contributed by atoms with E-state index in [4.69, 9.17) is 9.84 Å². The molecule has 6 nitrogen and oxygen atoms in total. The van der Waals surface area contributed by atoms with Gasteiger partial charge in [0.15, 0.2) is 11.6 Å². The Bertz CT molecular complexity index is 768. The van der Waals surface area contributed by atoms with E-state index in [2.05, 4.69) is 10.6 Å². The van der Waals surface area contributed by atoms with Crippen LogP contribution in [-0.4, -0.2) is 29.8 Å². The molecule has 0 aromatic heterocycles. The predicted molar refractivity (Wildman–Crippen MR) is 101 cm³/mol. The number of carbonyl (C=O) groups excluding carboxylic acids is 1. The van der Waals surface area contributed by atoms with Crippen LogP contribution in [0.4, 0.5) is 14.9 Å². The number of amides is 2. The molecule has 1 unspecified atom stereocenters. The van der Waals surface area contributed by atoms with Crippen LogP contribution in [0.25, 0.3) is 0 Å². The maximum Gasteiger partial charge on any atom is 0.319 e. The molecule has 2 rings (SSSR count). The molecule has 0 heterocycles. The molecular weight excluding hydrogens is 351 g/mol. The number of halogens is 1. The van der Waals surface area contributed by atoms with E-state index in [0.717, 1.165) is 5.56 Å². The van der Waals surface area contributed by atoms with Gasteiger partial charge in [0.1, 0.15) is 0 Å². The minimum absolute atomic E-state index is 0.0601. The van der Waals surface area contributed by atoms with Crippen molar-refractivity contribution in [2.75, 3.05) is 11.9 Å². The molecule has 144 valence electrons. The average molecular weight is 374 g/mol. The molecule has 7 heteroatoms. The van der Waals surface area contributed by atoms with Crippen molar-refractivity contribution in [3.8, 4) is 5.75 Å². The first kappa shape index (κ1) is 20.2. The molecule has 1 atom stereocenters. The van der Waals surface area contributed by atoms with Gasteiger partial charge in [-0.1, -0.05) is 30.3 Å². The SMILES string of the molecule is CCOc1ccc(NC(=O)NC(CCC(=O)O)Cc2ccccc2)cc1F. The first-order chi connectivity index (χ1) is 13.0. The smallest absolute Gasteiger partial charge is 0.319 e. The molecule has 0 saturated heterocycles. The summed E-state index contributed by atoms with van der Waals surface area (Å²) in [4.78, 5) is 23.1. The second-order valence-electron chi connectivity index (χ2n) is 6.00. The molecule has 3 N–H and O–H groups in total. The number of urea groups is 1. The molecule has 2 aromatic rings. The number of benzene rings is 2.